The first-order chi connectivity index (χ1) is 8.70. The maximum Gasteiger partial charge on any atom is 0.136 e. The zero-order valence-electron chi connectivity index (χ0n) is 11.4. The van der Waals surface area contributed by atoms with Gasteiger partial charge in [-0.3, -0.25) is 4.79 Å². The van der Waals surface area contributed by atoms with Crippen LogP contribution in [0.1, 0.15) is 43.2 Å². The van der Waals surface area contributed by atoms with Gasteiger partial charge in [-0.15, -0.1) is 0 Å². The Morgan fingerprint density at radius 3 is 2.89 bits per heavy atom. The number of Topliss-reactive ketones (excluding diaryl/α,β-unsaturated/α-hetero) is 1. The highest BCUT2D eigenvalue weighted by molar-refractivity contribution is 5.81. The molecule has 1 unspecified atom stereocenters. The summed E-state index contributed by atoms with van der Waals surface area (Å²) in [6.45, 7) is 2.08. The first kappa shape index (κ1) is 13.1. The first-order valence-corrected chi connectivity index (χ1v) is 6.87. The summed E-state index contributed by atoms with van der Waals surface area (Å²) < 4.78 is 5.40. The van der Waals surface area contributed by atoms with Crippen molar-refractivity contribution in [1.29, 1.82) is 0 Å². The normalized spacial score (nSPS) is 20.6. The molecule has 0 N–H and O–H groups in total. The van der Waals surface area contributed by atoms with Crippen molar-refractivity contribution in [1.82, 2.24) is 0 Å². The van der Waals surface area contributed by atoms with E-state index in [1.807, 2.05) is 6.07 Å². The Bertz CT molecular complexity index is 423. The molecule has 1 atom stereocenters. The molecule has 18 heavy (non-hydrogen) atoms. The van der Waals surface area contributed by atoms with Gasteiger partial charge in [0.05, 0.1) is 7.11 Å². The summed E-state index contributed by atoms with van der Waals surface area (Å²) in [6, 6.07) is 6.21. The molecule has 2 nitrogen and oxygen atoms in total. The molecule has 0 amide bonds. The molecular weight excluding hydrogens is 224 g/mol. The van der Waals surface area contributed by atoms with Gasteiger partial charge in [-0.1, -0.05) is 30.5 Å². The van der Waals surface area contributed by atoms with Gasteiger partial charge in [0.25, 0.3) is 0 Å². The van der Waals surface area contributed by atoms with E-state index in [0.29, 0.717) is 5.78 Å². The second kappa shape index (κ2) is 6.03. The Balaban J connectivity index is 2.16. The highest BCUT2D eigenvalue weighted by Gasteiger charge is 2.22. The molecule has 0 spiro atoms. The molecule has 0 aromatic heterocycles. The minimum absolute atomic E-state index is 0.197. The van der Waals surface area contributed by atoms with Crippen LogP contribution in [0.4, 0.5) is 0 Å². The van der Waals surface area contributed by atoms with Crippen molar-refractivity contribution < 1.29 is 9.53 Å². The molecule has 1 aromatic rings. The van der Waals surface area contributed by atoms with Crippen molar-refractivity contribution in [2.75, 3.05) is 7.11 Å². The second-order valence-electron chi connectivity index (χ2n) is 5.28. The maximum absolute atomic E-state index is 12.1. The van der Waals surface area contributed by atoms with Crippen molar-refractivity contribution in [2.45, 2.75) is 45.4 Å². The summed E-state index contributed by atoms with van der Waals surface area (Å²) in [5.74, 6) is 1.55. The highest BCUT2D eigenvalue weighted by atomic mass is 16.5. The summed E-state index contributed by atoms with van der Waals surface area (Å²) in [5, 5.41) is 0. The maximum atomic E-state index is 12.1. The van der Waals surface area contributed by atoms with Crippen LogP contribution in [0.25, 0.3) is 0 Å². The van der Waals surface area contributed by atoms with Crippen molar-refractivity contribution in [3.63, 3.8) is 0 Å². The van der Waals surface area contributed by atoms with Crippen LogP contribution in [0.5, 0.6) is 5.75 Å². The van der Waals surface area contributed by atoms with E-state index in [4.69, 9.17) is 4.74 Å². The fourth-order valence-electron chi connectivity index (χ4n) is 2.78. The largest absolute Gasteiger partial charge is 0.496 e. The standard InChI is InChI=1S/C16H22O2/c1-12-8-9-16(18-2)14(10-12)11-13-6-4-3-5-7-15(13)17/h8-10,13H,3-7,11H2,1-2H3. The van der Waals surface area contributed by atoms with Crippen molar-refractivity contribution in [3.8, 4) is 5.75 Å². The zero-order valence-corrected chi connectivity index (χ0v) is 11.4. The number of ketones is 1. The predicted molar refractivity (Wildman–Crippen MR) is 73.0 cm³/mol. The van der Waals surface area contributed by atoms with Crippen LogP contribution in [0.3, 0.4) is 0 Å². The zero-order chi connectivity index (χ0) is 13.0. The van der Waals surface area contributed by atoms with Gasteiger partial charge >= 0.3 is 0 Å². The number of ether oxygens (including phenoxy) is 1. The third kappa shape index (κ3) is 3.12. The molecule has 1 aliphatic carbocycles. The number of rotatable bonds is 3. The number of carbonyl (C=O) groups is 1. The number of aryl methyl sites for hydroxylation is 1. The van der Waals surface area contributed by atoms with Crippen molar-refractivity contribution in [3.05, 3.63) is 29.3 Å². The Kier molecular flexibility index (Phi) is 4.40. The monoisotopic (exact) mass is 246 g/mol. The Morgan fingerprint density at radius 1 is 1.28 bits per heavy atom. The van der Waals surface area contributed by atoms with E-state index >= 15 is 0 Å². The number of benzene rings is 1. The lowest BCUT2D eigenvalue weighted by Crippen LogP contribution is -2.15. The van der Waals surface area contributed by atoms with Gasteiger partial charge < -0.3 is 4.74 Å². The molecule has 1 saturated carbocycles. The molecule has 98 valence electrons. The predicted octanol–water partition coefficient (Wildman–Crippen LogP) is 3.70. The van der Waals surface area contributed by atoms with Gasteiger partial charge in [-0.05, 0) is 37.8 Å². The minimum Gasteiger partial charge on any atom is -0.496 e. The fourth-order valence-corrected chi connectivity index (χ4v) is 2.78. The number of carbonyl (C=O) groups excluding carboxylic acids is 1. The summed E-state index contributed by atoms with van der Waals surface area (Å²) >= 11 is 0. The van der Waals surface area contributed by atoms with Crippen molar-refractivity contribution in [2.24, 2.45) is 5.92 Å². The third-order valence-electron chi connectivity index (χ3n) is 3.83. The van der Waals surface area contributed by atoms with Gasteiger partial charge in [-0.25, -0.2) is 0 Å². The van der Waals surface area contributed by atoms with Crippen LogP contribution < -0.4 is 4.74 Å². The molecule has 1 fully saturated rings. The third-order valence-corrected chi connectivity index (χ3v) is 3.83. The average Bonchev–Trinajstić information content (AvgIpc) is 2.55. The van der Waals surface area contributed by atoms with Gasteiger partial charge in [-0.2, -0.15) is 0 Å². The number of hydrogen-bond donors (Lipinski definition) is 0. The van der Waals surface area contributed by atoms with Crippen molar-refractivity contribution >= 4 is 5.78 Å². The lowest BCUT2D eigenvalue weighted by molar-refractivity contribution is -0.122. The smallest absolute Gasteiger partial charge is 0.136 e. The molecule has 2 rings (SSSR count). The van der Waals surface area contributed by atoms with E-state index in [1.54, 1.807) is 7.11 Å². The highest BCUT2D eigenvalue weighted by Crippen LogP contribution is 2.28. The molecular formula is C16H22O2. The van der Waals surface area contributed by atoms with Crippen LogP contribution in [0.15, 0.2) is 18.2 Å². The van der Waals surface area contributed by atoms with E-state index in [9.17, 15) is 4.79 Å². The Hall–Kier alpha value is -1.31. The molecule has 1 aromatic carbocycles. The number of methoxy groups -OCH3 is 1. The van der Waals surface area contributed by atoms with Crippen LogP contribution in [0, 0.1) is 12.8 Å². The van der Waals surface area contributed by atoms with Gasteiger partial charge in [0.15, 0.2) is 0 Å². The van der Waals surface area contributed by atoms with E-state index < -0.39 is 0 Å². The van der Waals surface area contributed by atoms with E-state index in [-0.39, 0.29) is 5.92 Å². The topological polar surface area (TPSA) is 26.3 Å². The van der Waals surface area contributed by atoms with Crippen LogP contribution in [0.2, 0.25) is 0 Å². The Morgan fingerprint density at radius 2 is 2.11 bits per heavy atom. The van der Waals surface area contributed by atoms with Crippen LogP contribution in [-0.2, 0) is 11.2 Å². The quantitative estimate of drug-likeness (QED) is 0.760. The van der Waals surface area contributed by atoms with Crippen LogP contribution in [-0.4, -0.2) is 12.9 Å². The SMILES string of the molecule is COc1ccc(C)cc1CC1CCCCCC1=O. The number of hydrogen-bond acceptors (Lipinski definition) is 2. The van der Waals surface area contributed by atoms with Crippen LogP contribution >= 0.6 is 0 Å². The summed E-state index contributed by atoms with van der Waals surface area (Å²) in [5.41, 5.74) is 2.41. The summed E-state index contributed by atoms with van der Waals surface area (Å²) in [7, 11) is 1.70. The summed E-state index contributed by atoms with van der Waals surface area (Å²) in [6.07, 6.45) is 6.09. The summed E-state index contributed by atoms with van der Waals surface area (Å²) in [4.78, 5) is 12.1. The van der Waals surface area contributed by atoms with Gasteiger partial charge in [0.1, 0.15) is 11.5 Å². The lowest BCUT2D eigenvalue weighted by atomic mass is 9.90. The lowest BCUT2D eigenvalue weighted by Gasteiger charge is -2.15. The minimum atomic E-state index is 0.197. The molecule has 0 aliphatic heterocycles. The first-order valence-electron chi connectivity index (χ1n) is 6.87. The van der Waals surface area contributed by atoms with E-state index in [2.05, 4.69) is 19.1 Å². The molecule has 1 aliphatic rings. The fraction of sp³-hybridized carbons (Fsp3) is 0.562. The molecule has 0 radical (unpaired) electrons. The molecule has 0 saturated heterocycles. The van der Waals surface area contributed by atoms with Gasteiger partial charge in [0, 0.05) is 12.3 Å². The second-order valence-corrected chi connectivity index (χ2v) is 5.28. The molecule has 0 bridgehead atoms. The molecule has 2 heteroatoms. The molecule has 0 heterocycles. The van der Waals surface area contributed by atoms with E-state index in [1.165, 1.54) is 24.0 Å². The van der Waals surface area contributed by atoms with Gasteiger partial charge in [0.2, 0.25) is 0 Å². The Labute approximate surface area is 109 Å². The average molecular weight is 246 g/mol. The van der Waals surface area contributed by atoms with E-state index in [0.717, 1.165) is 31.4 Å².